The lowest BCUT2D eigenvalue weighted by Gasteiger charge is -2.31. The van der Waals surface area contributed by atoms with Crippen LogP contribution in [0.15, 0.2) is 36.0 Å². The fourth-order valence-corrected chi connectivity index (χ4v) is 4.04. The molecule has 0 amide bonds. The van der Waals surface area contributed by atoms with Gasteiger partial charge in [0.25, 0.3) is 0 Å². The number of rotatable bonds is 2. The second kappa shape index (κ2) is 6.28. The predicted molar refractivity (Wildman–Crippen MR) is 92.8 cm³/mol. The van der Waals surface area contributed by atoms with Crippen LogP contribution in [0, 0.1) is 17.8 Å². The minimum absolute atomic E-state index is 0.330. The van der Waals surface area contributed by atoms with Gasteiger partial charge >= 0.3 is 5.97 Å². The number of esters is 1. The molecule has 6 nitrogen and oxygen atoms in total. The number of aliphatic hydroxyl groups is 1. The minimum atomic E-state index is -2.27. The van der Waals surface area contributed by atoms with Crippen LogP contribution < -0.4 is 0 Å². The smallest absolute Gasteiger partial charge is 0.334 e. The van der Waals surface area contributed by atoms with Crippen LogP contribution in [0.4, 0.5) is 0 Å². The average molecular weight is 360 g/mol. The Hall–Kier alpha value is -2.05. The number of ketones is 2. The molecule has 0 radical (unpaired) electrons. The van der Waals surface area contributed by atoms with Crippen LogP contribution in [0.25, 0.3) is 0 Å². The van der Waals surface area contributed by atoms with Crippen molar-refractivity contribution >= 4 is 17.5 Å². The van der Waals surface area contributed by atoms with Gasteiger partial charge in [-0.1, -0.05) is 24.3 Å². The van der Waals surface area contributed by atoms with Crippen molar-refractivity contribution in [1.82, 2.24) is 0 Å². The van der Waals surface area contributed by atoms with E-state index in [4.69, 9.17) is 9.47 Å². The quantitative estimate of drug-likeness (QED) is 0.597. The molecule has 26 heavy (non-hydrogen) atoms. The van der Waals surface area contributed by atoms with Crippen molar-refractivity contribution in [2.75, 3.05) is 0 Å². The highest BCUT2D eigenvalue weighted by atomic mass is 16.6. The van der Waals surface area contributed by atoms with Crippen LogP contribution in [0.3, 0.4) is 0 Å². The van der Waals surface area contributed by atoms with Crippen molar-refractivity contribution < 1.29 is 29.0 Å². The third kappa shape index (κ3) is 2.68. The van der Waals surface area contributed by atoms with E-state index >= 15 is 0 Å². The third-order valence-electron chi connectivity index (χ3n) is 5.69. The van der Waals surface area contributed by atoms with Gasteiger partial charge in [-0.05, 0) is 39.7 Å². The lowest BCUT2D eigenvalue weighted by molar-refractivity contribution is -0.217. The number of Topliss-reactive ketones (excluding diaryl/α,β-unsaturated/α-hetero) is 2. The van der Waals surface area contributed by atoms with E-state index in [2.05, 4.69) is 13.2 Å². The summed E-state index contributed by atoms with van der Waals surface area (Å²) in [6.07, 6.45) is 0.635. The van der Waals surface area contributed by atoms with Gasteiger partial charge in [0.1, 0.15) is 12.2 Å². The molecule has 0 aromatic heterocycles. The van der Waals surface area contributed by atoms with Crippen molar-refractivity contribution in [3.05, 3.63) is 36.0 Å². The average Bonchev–Trinajstić information content (AvgIpc) is 3.00. The molecule has 0 spiro atoms. The Bertz CT molecular complexity index is 747. The molecule has 140 valence electrons. The van der Waals surface area contributed by atoms with Crippen LogP contribution in [0.5, 0.6) is 0 Å². The molecule has 6 heteroatoms. The van der Waals surface area contributed by atoms with E-state index in [1.165, 1.54) is 6.92 Å². The van der Waals surface area contributed by atoms with E-state index < -0.39 is 47.5 Å². The van der Waals surface area contributed by atoms with Crippen molar-refractivity contribution in [3.8, 4) is 0 Å². The molecule has 1 N–H and O–H groups in total. The Kier molecular flexibility index (Phi) is 4.53. The molecular formula is C20H24O6. The summed E-state index contributed by atoms with van der Waals surface area (Å²) in [5.74, 6) is -6.18. The van der Waals surface area contributed by atoms with Gasteiger partial charge in [0.15, 0.2) is 5.78 Å². The van der Waals surface area contributed by atoms with Gasteiger partial charge in [-0.25, -0.2) is 4.79 Å². The van der Waals surface area contributed by atoms with Crippen LogP contribution in [-0.4, -0.2) is 40.6 Å². The summed E-state index contributed by atoms with van der Waals surface area (Å²) in [6.45, 7) is 12.6. The van der Waals surface area contributed by atoms with E-state index in [0.29, 0.717) is 29.6 Å². The molecule has 0 aliphatic carbocycles. The minimum Gasteiger partial charge on any atom is -0.454 e. The first-order valence-electron chi connectivity index (χ1n) is 8.78. The summed E-state index contributed by atoms with van der Waals surface area (Å²) in [4.78, 5) is 38.2. The summed E-state index contributed by atoms with van der Waals surface area (Å²) in [5, 5.41) is 11.0. The van der Waals surface area contributed by atoms with Crippen LogP contribution >= 0.6 is 0 Å². The molecule has 4 bridgehead atoms. The van der Waals surface area contributed by atoms with Gasteiger partial charge < -0.3 is 14.6 Å². The number of hydrogen-bond donors (Lipinski definition) is 1. The Labute approximate surface area is 152 Å². The fourth-order valence-electron chi connectivity index (χ4n) is 4.04. The number of carbonyl (C=O) groups excluding carboxylic acids is 3. The highest BCUT2D eigenvalue weighted by molar-refractivity contribution is 6.01. The normalized spacial score (nSPS) is 39.9. The molecule has 6 atom stereocenters. The van der Waals surface area contributed by atoms with Crippen LogP contribution in [-0.2, 0) is 23.9 Å². The molecule has 3 rings (SSSR count). The SMILES string of the molecule is C=C(C)[C@H]1C(=O)[C@]2(O)O[C@@H](C(=O)[C@@H]2C)[C@H](C(=C)C)CCC2=C[C@H]1OC2=O. The van der Waals surface area contributed by atoms with Crippen LogP contribution in [0.1, 0.15) is 33.6 Å². The maximum Gasteiger partial charge on any atom is 0.334 e. The molecule has 3 aliphatic rings. The van der Waals surface area contributed by atoms with Crippen molar-refractivity contribution in [3.63, 3.8) is 0 Å². The van der Waals surface area contributed by atoms with E-state index in [0.717, 1.165) is 0 Å². The summed E-state index contributed by atoms with van der Waals surface area (Å²) in [5.41, 5.74) is 1.60. The van der Waals surface area contributed by atoms with Gasteiger partial charge in [-0.3, -0.25) is 9.59 Å². The Morgan fingerprint density at radius 1 is 1.23 bits per heavy atom. The molecule has 1 saturated heterocycles. The number of ether oxygens (including phenoxy) is 2. The van der Waals surface area contributed by atoms with Crippen molar-refractivity contribution in [2.45, 2.75) is 51.6 Å². The summed E-state index contributed by atoms with van der Waals surface area (Å²) >= 11 is 0. The largest absolute Gasteiger partial charge is 0.454 e. The fraction of sp³-hybridized carbons (Fsp3) is 0.550. The summed E-state index contributed by atoms with van der Waals surface area (Å²) in [6, 6.07) is 0. The van der Waals surface area contributed by atoms with E-state index in [1.807, 2.05) is 0 Å². The number of fused-ring (bicyclic) bond motifs is 3. The first kappa shape index (κ1) is 18.7. The zero-order valence-corrected chi connectivity index (χ0v) is 15.3. The monoisotopic (exact) mass is 360 g/mol. The molecule has 1 fully saturated rings. The van der Waals surface area contributed by atoms with E-state index in [1.54, 1.807) is 19.9 Å². The lowest BCUT2D eigenvalue weighted by Crippen LogP contribution is -2.50. The van der Waals surface area contributed by atoms with Gasteiger partial charge in [-0.15, -0.1) is 0 Å². The molecule has 3 heterocycles. The van der Waals surface area contributed by atoms with Crippen molar-refractivity contribution in [1.29, 1.82) is 0 Å². The molecule has 0 aromatic rings. The van der Waals surface area contributed by atoms with E-state index in [-0.39, 0.29) is 5.78 Å². The number of carbonyl (C=O) groups is 3. The maximum absolute atomic E-state index is 13.2. The van der Waals surface area contributed by atoms with Crippen molar-refractivity contribution in [2.24, 2.45) is 17.8 Å². The second-order valence-electron chi connectivity index (χ2n) is 7.60. The topological polar surface area (TPSA) is 89.9 Å². The molecular weight excluding hydrogens is 336 g/mol. The zero-order valence-electron chi connectivity index (χ0n) is 15.3. The second-order valence-corrected chi connectivity index (χ2v) is 7.60. The predicted octanol–water partition coefficient (Wildman–Crippen LogP) is 1.88. The molecule has 0 aromatic carbocycles. The van der Waals surface area contributed by atoms with Gasteiger partial charge in [0, 0.05) is 11.5 Å². The number of hydrogen-bond acceptors (Lipinski definition) is 6. The highest BCUT2D eigenvalue weighted by Crippen LogP contribution is 2.43. The molecule has 3 aliphatic heterocycles. The Morgan fingerprint density at radius 3 is 2.46 bits per heavy atom. The Morgan fingerprint density at radius 2 is 1.88 bits per heavy atom. The van der Waals surface area contributed by atoms with Gasteiger partial charge in [0.05, 0.1) is 11.8 Å². The van der Waals surface area contributed by atoms with E-state index in [9.17, 15) is 19.5 Å². The first-order chi connectivity index (χ1) is 12.1. The Balaban J connectivity index is 2.13. The van der Waals surface area contributed by atoms with Gasteiger partial charge in [0.2, 0.25) is 11.6 Å². The first-order valence-corrected chi connectivity index (χ1v) is 8.78. The van der Waals surface area contributed by atoms with Gasteiger partial charge in [-0.2, -0.15) is 0 Å². The lowest BCUT2D eigenvalue weighted by atomic mass is 9.79. The molecule has 0 unspecified atom stereocenters. The highest BCUT2D eigenvalue weighted by Gasteiger charge is 2.60. The molecule has 0 saturated carbocycles. The summed E-state index contributed by atoms with van der Waals surface area (Å²) < 4.78 is 11.1. The standard InChI is InChI=1S/C20H24O6/c1-9(2)13-7-6-12-8-14(25-19(12)23)15(10(3)4)18(22)20(24)11(5)16(21)17(13)26-20/h8,11,13-15,17,24H,1,3,6-7H2,2,4-5H3/t11-,13-,14+,15+,17+,20+/m0/s1. The third-order valence-corrected chi connectivity index (χ3v) is 5.69. The summed E-state index contributed by atoms with van der Waals surface area (Å²) in [7, 11) is 0. The van der Waals surface area contributed by atoms with Crippen LogP contribution in [0.2, 0.25) is 0 Å². The maximum atomic E-state index is 13.2. The zero-order chi connectivity index (χ0) is 19.4.